The lowest BCUT2D eigenvalue weighted by molar-refractivity contribution is -0.143. The standard InChI is InChI=1S/C30H33NO6/c1-6-35-26-16-21(12-13-25(26)37-19(5)32)28-27(30(34)36-17(2)3)18(4)31-23-14-22(15-24(33)29(23)28)20-10-8-7-9-11-20/h7-13,16-17,22,28-29H,6,14-15H2,1-5H3/t22-,28-,29?/m1/s1. The van der Waals surface area contributed by atoms with Crippen LogP contribution in [-0.4, -0.2) is 36.1 Å². The minimum atomic E-state index is -0.590. The van der Waals surface area contributed by atoms with Crippen molar-refractivity contribution in [2.75, 3.05) is 6.61 Å². The molecule has 3 atom stereocenters. The molecule has 1 saturated carbocycles. The van der Waals surface area contributed by atoms with Gasteiger partial charge in [-0.2, -0.15) is 0 Å². The Morgan fingerprint density at radius 3 is 2.38 bits per heavy atom. The van der Waals surface area contributed by atoms with Crippen LogP contribution in [0, 0.1) is 5.92 Å². The SMILES string of the molecule is CCOc1cc([C@@H]2C(C(=O)OC(C)C)=C(C)N=C3C[C@@H](c4ccccc4)CC(=O)C32)ccc1OC(C)=O. The van der Waals surface area contributed by atoms with Gasteiger partial charge in [0.2, 0.25) is 0 Å². The highest BCUT2D eigenvalue weighted by Gasteiger charge is 2.46. The van der Waals surface area contributed by atoms with Crippen molar-refractivity contribution >= 4 is 23.4 Å². The molecule has 0 saturated heterocycles. The first-order valence-electron chi connectivity index (χ1n) is 12.7. The molecule has 0 radical (unpaired) electrons. The Balaban J connectivity index is 1.82. The van der Waals surface area contributed by atoms with Crippen LogP contribution in [0.5, 0.6) is 11.5 Å². The lowest BCUT2D eigenvalue weighted by atomic mass is 9.66. The summed E-state index contributed by atoms with van der Waals surface area (Å²) < 4.78 is 16.7. The van der Waals surface area contributed by atoms with Crippen LogP contribution in [0.3, 0.4) is 0 Å². The van der Waals surface area contributed by atoms with Crippen LogP contribution in [0.4, 0.5) is 0 Å². The van der Waals surface area contributed by atoms with Gasteiger partial charge in [0, 0.05) is 30.7 Å². The van der Waals surface area contributed by atoms with E-state index in [-0.39, 0.29) is 23.6 Å². The average molecular weight is 504 g/mol. The Morgan fingerprint density at radius 2 is 1.73 bits per heavy atom. The molecule has 1 unspecified atom stereocenters. The molecule has 2 aromatic carbocycles. The van der Waals surface area contributed by atoms with Crippen LogP contribution in [-0.2, 0) is 19.1 Å². The molecule has 0 spiro atoms. The van der Waals surface area contributed by atoms with Crippen molar-refractivity contribution in [1.82, 2.24) is 0 Å². The fourth-order valence-corrected chi connectivity index (χ4v) is 5.27. The molecule has 1 aliphatic heterocycles. The predicted octanol–water partition coefficient (Wildman–Crippen LogP) is 5.54. The van der Waals surface area contributed by atoms with E-state index in [2.05, 4.69) is 0 Å². The van der Waals surface area contributed by atoms with Crippen molar-refractivity contribution in [3.05, 3.63) is 70.9 Å². The van der Waals surface area contributed by atoms with Crippen molar-refractivity contribution in [3.63, 3.8) is 0 Å². The highest BCUT2D eigenvalue weighted by Crippen LogP contribution is 2.47. The van der Waals surface area contributed by atoms with Gasteiger partial charge in [-0.05, 0) is 63.3 Å². The molecule has 4 rings (SSSR count). The zero-order valence-electron chi connectivity index (χ0n) is 21.9. The molecule has 0 aromatic heterocycles. The minimum Gasteiger partial charge on any atom is -0.490 e. The molecule has 2 aliphatic rings. The van der Waals surface area contributed by atoms with E-state index in [1.54, 1.807) is 39.0 Å². The van der Waals surface area contributed by atoms with Crippen molar-refractivity contribution < 1.29 is 28.6 Å². The van der Waals surface area contributed by atoms with Crippen molar-refractivity contribution in [3.8, 4) is 11.5 Å². The quantitative estimate of drug-likeness (QED) is 0.364. The molecule has 37 heavy (non-hydrogen) atoms. The van der Waals surface area contributed by atoms with Gasteiger partial charge in [-0.3, -0.25) is 14.6 Å². The van der Waals surface area contributed by atoms with Crippen molar-refractivity contribution in [2.24, 2.45) is 10.9 Å². The number of ether oxygens (including phenoxy) is 3. The van der Waals surface area contributed by atoms with Crippen LogP contribution in [0.2, 0.25) is 0 Å². The molecule has 0 N–H and O–H groups in total. The third-order valence-electron chi connectivity index (χ3n) is 6.67. The molecule has 7 nitrogen and oxygen atoms in total. The maximum Gasteiger partial charge on any atom is 0.336 e. The van der Waals surface area contributed by atoms with Crippen LogP contribution in [0.15, 0.2) is 64.8 Å². The zero-order valence-corrected chi connectivity index (χ0v) is 21.9. The van der Waals surface area contributed by atoms with Crippen molar-refractivity contribution in [1.29, 1.82) is 0 Å². The summed E-state index contributed by atoms with van der Waals surface area (Å²) in [4.78, 5) is 43.5. The summed E-state index contributed by atoms with van der Waals surface area (Å²) >= 11 is 0. The van der Waals surface area contributed by atoms with Gasteiger partial charge >= 0.3 is 11.9 Å². The van der Waals surface area contributed by atoms with Gasteiger partial charge in [0.15, 0.2) is 11.5 Å². The van der Waals surface area contributed by atoms with Gasteiger partial charge in [-0.15, -0.1) is 0 Å². The van der Waals surface area contributed by atoms with E-state index in [1.165, 1.54) is 6.92 Å². The topological polar surface area (TPSA) is 91.3 Å². The number of hydrogen-bond donors (Lipinski definition) is 0. The normalized spacial score (nSPS) is 21.3. The van der Waals surface area contributed by atoms with Crippen LogP contribution in [0.25, 0.3) is 0 Å². The van der Waals surface area contributed by atoms with Gasteiger partial charge in [0.25, 0.3) is 0 Å². The number of allylic oxidation sites excluding steroid dienone is 1. The number of nitrogens with zero attached hydrogens (tertiary/aromatic N) is 1. The second-order valence-corrected chi connectivity index (χ2v) is 9.73. The molecule has 0 amide bonds. The van der Waals surface area contributed by atoms with Gasteiger partial charge in [0.05, 0.1) is 24.2 Å². The van der Waals surface area contributed by atoms with Gasteiger partial charge < -0.3 is 14.2 Å². The summed E-state index contributed by atoms with van der Waals surface area (Å²) in [7, 11) is 0. The first-order chi connectivity index (χ1) is 17.7. The van der Waals surface area contributed by atoms with Gasteiger partial charge in [-0.25, -0.2) is 4.79 Å². The predicted molar refractivity (Wildman–Crippen MR) is 140 cm³/mol. The number of rotatable bonds is 7. The Kier molecular flexibility index (Phi) is 7.91. The number of ketones is 1. The molecular formula is C30H33NO6. The van der Waals surface area contributed by atoms with Gasteiger partial charge in [0.1, 0.15) is 5.78 Å². The lowest BCUT2D eigenvalue weighted by Crippen LogP contribution is -2.41. The molecule has 7 heteroatoms. The first-order valence-corrected chi connectivity index (χ1v) is 12.7. The second-order valence-electron chi connectivity index (χ2n) is 9.73. The number of aliphatic imine (C=N–C) groups is 1. The second kappa shape index (κ2) is 11.1. The summed E-state index contributed by atoms with van der Waals surface area (Å²) in [6.07, 6.45) is 0.665. The number of fused-ring (bicyclic) bond motifs is 1. The Morgan fingerprint density at radius 1 is 1.00 bits per heavy atom. The fraction of sp³-hybridized carbons (Fsp3) is 0.400. The maximum atomic E-state index is 13.8. The van der Waals surface area contributed by atoms with Crippen LogP contribution in [0.1, 0.15) is 70.4 Å². The average Bonchev–Trinajstić information content (AvgIpc) is 2.84. The van der Waals surface area contributed by atoms with E-state index in [1.807, 2.05) is 37.3 Å². The number of carbonyl (C=O) groups is 3. The molecule has 0 bridgehead atoms. The molecule has 1 fully saturated rings. The Bertz CT molecular complexity index is 1260. The molecule has 1 heterocycles. The van der Waals surface area contributed by atoms with Crippen molar-refractivity contribution in [2.45, 2.75) is 65.4 Å². The number of carbonyl (C=O) groups excluding carboxylic acids is 3. The Labute approximate surface area is 217 Å². The molecule has 1 aliphatic carbocycles. The van der Waals surface area contributed by atoms with E-state index < -0.39 is 23.8 Å². The number of hydrogen-bond acceptors (Lipinski definition) is 7. The highest BCUT2D eigenvalue weighted by molar-refractivity contribution is 6.12. The summed E-state index contributed by atoms with van der Waals surface area (Å²) in [6, 6.07) is 15.2. The van der Waals surface area contributed by atoms with Gasteiger partial charge in [-0.1, -0.05) is 36.4 Å². The summed E-state index contributed by atoms with van der Waals surface area (Å²) in [6.45, 7) is 8.88. The lowest BCUT2D eigenvalue weighted by Gasteiger charge is -2.38. The summed E-state index contributed by atoms with van der Waals surface area (Å²) in [5.74, 6) is -1.40. The number of benzene rings is 2. The largest absolute Gasteiger partial charge is 0.490 e. The number of esters is 2. The van der Waals surface area contributed by atoms with E-state index in [9.17, 15) is 14.4 Å². The van der Waals surface area contributed by atoms with E-state index in [4.69, 9.17) is 19.2 Å². The monoisotopic (exact) mass is 503 g/mol. The van der Waals surface area contributed by atoms with Crippen LogP contribution < -0.4 is 9.47 Å². The zero-order chi connectivity index (χ0) is 26.7. The van der Waals surface area contributed by atoms with E-state index >= 15 is 0 Å². The molecule has 194 valence electrons. The molecular weight excluding hydrogens is 470 g/mol. The number of Topliss-reactive ketones (excluding diaryl/α,β-unsaturated/α-hetero) is 1. The highest BCUT2D eigenvalue weighted by atomic mass is 16.6. The Hall–Kier alpha value is -3.74. The first kappa shape index (κ1) is 26.3. The smallest absolute Gasteiger partial charge is 0.336 e. The fourth-order valence-electron chi connectivity index (χ4n) is 5.27. The molecule has 2 aromatic rings. The minimum absolute atomic E-state index is 0.0339. The maximum absolute atomic E-state index is 13.8. The summed E-state index contributed by atoms with van der Waals surface area (Å²) in [5.41, 5.74) is 3.50. The summed E-state index contributed by atoms with van der Waals surface area (Å²) in [5, 5.41) is 0. The van der Waals surface area contributed by atoms with E-state index in [0.29, 0.717) is 42.0 Å². The van der Waals surface area contributed by atoms with E-state index in [0.717, 1.165) is 11.3 Å². The third-order valence-corrected chi connectivity index (χ3v) is 6.67. The van der Waals surface area contributed by atoms with Crippen LogP contribution >= 0.6 is 0 Å². The third kappa shape index (κ3) is 5.66.